The van der Waals surface area contributed by atoms with Crippen molar-refractivity contribution in [3.63, 3.8) is 0 Å². The zero-order valence-corrected chi connectivity index (χ0v) is 8.51. The molecule has 0 aliphatic heterocycles. The minimum atomic E-state index is -5.11. The van der Waals surface area contributed by atoms with E-state index in [-0.39, 0.29) is 0 Å². The van der Waals surface area contributed by atoms with Crippen LogP contribution in [-0.4, -0.2) is 4.98 Å². The fraction of sp³-hybridized carbons (Fsp3) is 0.200. The van der Waals surface area contributed by atoms with Crippen LogP contribution in [0.25, 0.3) is 0 Å². The largest absolute Gasteiger partial charge is 0.419 e. The molecular weight excluding hydrogens is 252 g/mol. The van der Waals surface area contributed by atoms with Crippen molar-refractivity contribution in [1.29, 1.82) is 15.8 Å². The highest BCUT2D eigenvalue weighted by molar-refractivity contribution is 5.46. The molecule has 0 amide bonds. The molecule has 0 aliphatic carbocycles. The zero-order valence-electron chi connectivity index (χ0n) is 8.51. The number of pyridine rings is 1. The van der Waals surface area contributed by atoms with Crippen LogP contribution < -0.4 is 0 Å². The fourth-order valence-corrected chi connectivity index (χ4v) is 1.31. The monoisotopic (exact) mass is 254 g/mol. The average Bonchev–Trinajstić information content (AvgIpc) is 2.28. The Kier molecular flexibility index (Phi) is 3.49. The second kappa shape index (κ2) is 4.68. The maximum atomic E-state index is 13.4. The Labute approximate surface area is 98.3 Å². The Hall–Kier alpha value is -2.66. The highest BCUT2D eigenvalue weighted by Gasteiger charge is 2.40. The number of halogens is 4. The molecule has 8 heteroatoms. The summed E-state index contributed by atoms with van der Waals surface area (Å²) < 4.78 is 51.5. The molecule has 1 aromatic heterocycles. The van der Waals surface area contributed by atoms with E-state index in [1.165, 1.54) is 12.1 Å². The van der Waals surface area contributed by atoms with Gasteiger partial charge in [0.1, 0.15) is 23.4 Å². The smallest absolute Gasteiger partial charge is 0.223 e. The lowest BCUT2D eigenvalue weighted by atomic mass is 10.0. The lowest BCUT2D eigenvalue weighted by Crippen LogP contribution is -2.16. The second-order valence-electron chi connectivity index (χ2n) is 3.03. The molecule has 0 unspecified atom stereocenters. The fourth-order valence-electron chi connectivity index (χ4n) is 1.31. The molecule has 90 valence electrons. The Morgan fingerprint density at radius 3 is 2.00 bits per heavy atom. The van der Waals surface area contributed by atoms with Crippen molar-refractivity contribution < 1.29 is 17.6 Å². The van der Waals surface area contributed by atoms with Crippen molar-refractivity contribution in [3.05, 3.63) is 28.3 Å². The Balaban J connectivity index is 3.80. The maximum Gasteiger partial charge on any atom is 0.419 e. The number of nitrogens with zero attached hydrogens (tertiary/aromatic N) is 4. The third kappa shape index (κ3) is 2.21. The molecule has 0 fully saturated rings. The molecular formula is C10H2F4N4. The molecule has 4 nitrogen and oxygen atoms in total. The highest BCUT2D eigenvalue weighted by atomic mass is 19.4. The van der Waals surface area contributed by atoms with E-state index in [0.29, 0.717) is 0 Å². The Morgan fingerprint density at radius 1 is 1.06 bits per heavy atom. The Morgan fingerprint density at radius 2 is 1.61 bits per heavy atom. The first-order valence-corrected chi connectivity index (χ1v) is 4.33. The summed E-state index contributed by atoms with van der Waals surface area (Å²) in [4.78, 5) is 3.15. The van der Waals surface area contributed by atoms with E-state index >= 15 is 0 Å². The van der Waals surface area contributed by atoms with Crippen LogP contribution in [0.1, 0.15) is 22.5 Å². The van der Waals surface area contributed by atoms with Gasteiger partial charge in [0.05, 0.1) is 12.5 Å². The summed E-state index contributed by atoms with van der Waals surface area (Å²) in [6, 6.07) is 3.84. The van der Waals surface area contributed by atoms with Crippen molar-refractivity contribution >= 4 is 0 Å². The van der Waals surface area contributed by atoms with Crippen molar-refractivity contribution in [2.24, 2.45) is 0 Å². The van der Waals surface area contributed by atoms with E-state index < -0.39 is 40.9 Å². The first kappa shape index (κ1) is 13.4. The van der Waals surface area contributed by atoms with E-state index in [1.807, 2.05) is 0 Å². The van der Waals surface area contributed by atoms with Crippen LogP contribution >= 0.6 is 0 Å². The van der Waals surface area contributed by atoms with Gasteiger partial charge in [0.15, 0.2) is 11.5 Å². The average molecular weight is 254 g/mol. The van der Waals surface area contributed by atoms with Gasteiger partial charge >= 0.3 is 6.18 Å². The van der Waals surface area contributed by atoms with Crippen molar-refractivity contribution in [1.82, 2.24) is 4.98 Å². The predicted octanol–water partition coefficient (Wildman–Crippen LogP) is 2.05. The summed E-state index contributed by atoms with van der Waals surface area (Å²) in [6.45, 7) is 0. The Bertz CT molecular complexity index is 613. The molecule has 0 N–H and O–H groups in total. The van der Waals surface area contributed by atoms with Crippen LogP contribution in [0, 0.1) is 39.8 Å². The van der Waals surface area contributed by atoms with E-state index in [4.69, 9.17) is 15.8 Å². The van der Waals surface area contributed by atoms with Gasteiger partial charge in [-0.25, -0.2) is 9.37 Å². The van der Waals surface area contributed by atoms with Gasteiger partial charge in [-0.15, -0.1) is 0 Å². The third-order valence-electron chi connectivity index (χ3n) is 1.99. The maximum absolute atomic E-state index is 13.4. The van der Waals surface area contributed by atoms with E-state index in [1.54, 1.807) is 0 Å². The number of rotatable bonds is 1. The SMILES string of the molecule is N#CCc1c(C#N)nc(C#N)c(F)c1C(F)(F)F. The van der Waals surface area contributed by atoms with Gasteiger partial charge in [-0.05, 0) is 0 Å². The van der Waals surface area contributed by atoms with Crippen LogP contribution in [0.5, 0.6) is 0 Å². The number of nitriles is 3. The van der Waals surface area contributed by atoms with Gasteiger partial charge in [0.2, 0.25) is 0 Å². The van der Waals surface area contributed by atoms with Gasteiger partial charge in [-0.1, -0.05) is 0 Å². The molecule has 1 rings (SSSR count). The molecule has 18 heavy (non-hydrogen) atoms. The van der Waals surface area contributed by atoms with Crippen LogP contribution in [-0.2, 0) is 12.6 Å². The van der Waals surface area contributed by atoms with Gasteiger partial charge in [-0.3, -0.25) is 0 Å². The standard InChI is InChI=1S/C10H2F4N4/c11-9-7(4-17)18-6(3-16)5(1-2-15)8(9)10(12,13)14/h1H2. The van der Waals surface area contributed by atoms with E-state index in [0.717, 1.165) is 6.07 Å². The summed E-state index contributed by atoms with van der Waals surface area (Å²) in [5.41, 5.74) is -4.54. The number of alkyl halides is 3. The van der Waals surface area contributed by atoms with Gasteiger partial charge in [-0.2, -0.15) is 29.0 Å². The van der Waals surface area contributed by atoms with Crippen molar-refractivity contribution in [2.75, 3.05) is 0 Å². The molecule has 0 bridgehead atoms. The molecule has 0 aliphatic rings. The molecule has 0 aromatic carbocycles. The molecule has 1 heterocycles. The molecule has 0 atom stereocenters. The van der Waals surface area contributed by atoms with Crippen LogP contribution in [0.2, 0.25) is 0 Å². The van der Waals surface area contributed by atoms with Gasteiger partial charge in [0.25, 0.3) is 0 Å². The summed E-state index contributed by atoms with van der Waals surface area (Å²) in [6.07, 6.45) is -5.94. The van der Waals surface area contributed by atoms with Crippen LogP contribution in [0.4, 0.5) is 17.6 Å². The highest BCUT2D eigenvalue weighted by Crippen LogP contribution is 2.36. The van der Waals surface area contributed by atoms with E-state index in [9.17, 15) is 17.6 Å². The summed E-state index contributed by atoms with van der Waals surface area (Å²) in [5.74, 6) is -1.87. The second-order valence-corrected chi connectivity index (χ2v) is 3.03. The van der Waals surface area contributed by atoms with Gasteiger partial charge < -0.3 is 0 Å². The summed E-state index contributed by atoms with van der Waals surface area (Å²) in [5, 5.41) is 25.5. The molecule has 0 saturated carbocycles. The topological polar surface area (TPSA) is 84.3 Å². The minimum absolute atomic E-state index is 0.776. The lowest BCUT2D eigenvalue weighted by molar-refractivity contribution is -0.140. The summed E-state index contributed by atoms with van der Waals surface area (Å²) in [7, 11) is 0. The van der Waals surface area contributed by atoms with E-state index in [2.05, 4.69) is 4.98 Å². The van der Waals surface area contributed by atoms with Crippen molar-refractivity contribution in [2.45, 2.75) is 12.6 Å². The molecule has 0 radical (unpaired) electrons. The first-order valence-electron chi connectivity index (χ1n) is 4.33. The van der Waals surface area contributed by atoms with Crippen LogP contribution in [0.3, 0.4) is 0 Å². The lowest BCUT2D eigenvalue weighted by Gasteiger charge is -2.13. The number of hydrogen-bond donors (Lipinski definition) is 0. The van der Waals surface area contributed by atoms with Crippen LogP contribution in [0.15, 0.2) is 0 Å². The van der Waals surface area contributed by atoms with Gasteiger partial charge in [0, 0.05) is 5.56 Å². The molecule has 0 spiro atoms. The molecule has 0 saturated heterocycles. The summed E-state index contributed by atoms with van der Waals surface area (Å²) >= 11 is 0. The number of aromatic nitrogens is 1. The predicted molar refractivity (Wildman–Crippen MR) is 47.9 cm³/mol. The zero-order chi connectivity index (χ0) is 13.9. The molecule has 1 aromatic rings. The first-order chi connectivity index (χ1) is 8.36. The number of hydrogen-bond acceptors (Lipinski definition) is 4. The minimum Gasteiger partial charge on any atom is -0.223 e. The quantitative estimate of drug-likeness (QED) is 0.718. The third-order valence-corrected chi connectivity index (χ3v) is 1.99. The van der Waals surface area contributed by atoms with Crippen molar-refractivity contribution in [3.8, 4) is 18.2 Å². The normalized spacial score (nSPS) is 10.3.